The van der Waals surface area contributed by atoms with Crippen LogP contribution in [-0.4, -0.2) is 35.1 Å². The first-order valence-corrected chi connectivity index (χ1v) is 10.8. The quantitative estimate of drug-likeness (QED) is 0.604. The molecule has 0 aliphatic carbocycles. The smallest absolute Gasteiger partial charge is 0.254 e. The number of hydrogen-bond acceptors (Lipinski definition) is 3. The second kappa shape index (κ2) is 8.49. The Morgan fingerprint density at radius 1 is 1.03 bits per heavy atom. The predicted octanol–water partition coefficient (Wildman–Crippen LogP) is 4.22. The fourth-order valence-electron chi connectivity index (χ4n) is 4.82. The van der Waals surface area contributed by atoms with Crippen LogP contribution in [0.15, 0.2) is 72.8 Å². The van der Waals surface area contributed by atoms with Crippen molar-refractivity contribution in [1.29, 1.82) is 0 Å². The van der Waals surface area contributed by atoms with Gasteiger partial charge < -0.3 is 15.3 Å². The van der Waals surface area contributed by atoms with E-state index in [4.69, 9.17) is 0 Å². The predicted molar refractivity (Wildman–Crippen MR) is 122 cm³/mol. The van der Waals surface area contributed by atoms with E-state index in [1.54, 1.807) is 12.1 Å². The maximum atomic E-state index is 13.8. The van der Waals surface area contributed by atoms with Crippen LogP contribution >= 0.6 is 0 Å². The SMILES string of the molecule is O=C(c1cccc(F)c1)N1CC[C@H]2[C@H](CO)Nc3ccc(C#Cc4ccccc4)cc3[C@H]21. The van der Waals surface area contributed by atoms with E-state index in [0.717, 1.165) is 28.8 Å². The van der Waals surface area contributed by atoms with Gasteiger partial charge in [-0.3, -0.25) is 4.79 Å². The van der Waals surface area contributed by atoms with Gasteiger partial charge in [-0.1, -0.05) is 36.1 Å². The summed E-state index contributed by atoms with van der Waals surface area (Å²) in [5, 5.41) is 13.4. The number of amides is 1. The Morgan fingerprint density at radius 2 is 1.84 bits per heavy atom. The number of halogens is 1. The Labute approximate surface area is 186 Å². The Kier molecular flexibility index (Phi) is 5.38. The third-order valence-electron chi connectivity index (χ3n) is 6.33. The van der Waals surface area contributed by atoms with Crippen molar-refractivity contribution < 1.29 is 14.3 Å². The number of aliphatic hydroxyl groups is 1. The van der Waals surface area contributed by atoms with Crippen molar-refractivity contribution in [3.63, 3.8) is 0 Å². The van der Waals surface area contributed by atoms with Crippen molar-refractivity contribution in [1.82, 2.24) is 4.90 Å². The number of nitrogens with one attached hydrogen (secondary N) is 1. The Bertz CT molecular complexity index is 1220. The number of hydrogen-bond donors (Lipinski definition) is 2. The van der Waals surface area contributed by atoms with Crippen LogP contribution in [0.1, 0.15) is 39.5 Å². The minimum absolute atomic E-state index is 0.0157. The van der Waals surface area contributed by atoms with E-state index < -0.39 is 5.82 Å². The fraction of sp³-hybridized carbons (Fsp3) is 0.222. The summed E-state index contributed by atoms with van der Waals surface area (Å²) in [7, 11) is 0. The van der Waals surface area contributed by atoms with E-state index in [2.05, 4.69) is 17.2 Å². The second-order valence-corrected chi connectivity index (χ2v) is 8.26. The molecule has 2 N–H and O–H groups in total. The van der Waals surface area contributed by atoms with Gasteiger partial charge in [0, 0.05) is 34.8 Å². The topological polar surface area (TPSA) is 52.6 Å². The number of nitrogens with zero attached hydrogens (tertiary/aromatic N) is 1. The molecule has 0 spiro atoms. The van der Waals surface area contributed by atoms with Gasteiger partial charge in [-0.05, 0) is 60.5 Å². The number of benzene rings is 3. The molecular formula is C27H23FN2O2. The van der Waals surface area contributed by atoms with Crippen LogP contribution in [0.3, 0.4) is 0 Å². The summed E-state index contributed by atoms with van der Waals surface area (Å²) in [6.07, 6.45) is 0.767. The normalized spacial score (nSPS) is 21.1. The second-order valence-electron chi connectivity index (χ2n) is 8.26. The van der Waals surface area contributed by atoms with E-state index >= 15 is 0 Å². The Morgan fingerprint density at radius 3 is 2.62 bits per heavy atom. The van der Waals surface area contributed by atoms with Crippen LogP contribution in [0.25, 0.3) is 0 Å². The van der Waals surface area contributed by atoms with Gasteiger partial charge in [-0.25, -0.2) is 4.39 Å². The lowest BCUT2D eigenvalue weighted by molar-refractivity contribution is 0.0700. The molecule has 4 nitrogen and oxygen atoms in total. The number of fused-ring (bicyclic) bond motifs is 3. The molecule has 2 aliphatic rings. The molecular weight excluding hydrogens is 403 g/mol. The molecule has 1 amide bonds. The lowest BCUT2D eigenvalue weighted by atomic mass is 9.82. The summed E-state index contributed by atoms with van der Waals surface area (Å²) >= 11 is 0. The van der Waals surface area contributed by atoms with Gasteiger partial charge in [-0.2, -0.15) is 0 Å². The first-order valence-electron chi connectivity index (χ1n) is 10.8. The summed E-state index contributed by atoms with van der Waals surface area (Å²) in [6.45, 7) is 0.542. The Balaban J connectivity index is 1.52. The summed E-state index contributed by atoms with van der Waals surface area (Å²) < 4.78 is 13.8. The average molecular weight is 426 g/mol. The van der Waals surface area contributed by atoms with Crippen LogP contribution < -0.4 is 5.32 Å². The van der Waals surface area contributed by atoms with Crippen molar-refractivity contribution >= 4 is 11.6 Å². The summed E-state index contributed by atoms with van der Waals surface area (Å²) in [6, 6.07) is 21.2. The first-order chi connectivity index (χ1) is 15.6. The summed E-state index contributed by atoms with van der Waals surface area (Å²) in [4.78, 5) is 15.1. The molecule has 3 aromatic carbocycles. The zero-order valence-electron chi connectivity index (χ0n) is 17.5. The van der Waals surface area contributed by atoms with Crippen LogP contribution in [0.5, 0.6) is 0 Å². The van der Waals surface area contributed by atoms with Gasteiger partial charge in [0.05, 0.1) is 18.7 Å². The summed E-state index contributed by atoms with van der Waals surface area (Å²) in [5.41, 5.74) is 4.02. The number of carbonyl (C=O) groups is 1. The highest BCUT2D eigenvalue weighted by atomic mass is 19.1. The van der Waals surface area contributed by atoms with Gasteiger partial charge in [0.1, 0.15) is 5.82 Å². The van der Waals surface area contributed by atoms with Gasteiger partial charge in [0.2, 0.25) is 0 Å². The molecule has 3 aromatic rings. The molecule has 0 saturated carbocycles. The first kappa shape index (κ1) is 20.3. The highest BCUT2D eigenvalue weighted by molar-refractivity contribution is 5.95. The van der Waals surface area contributed by atoms with Crippen molar-refractivity contribution in [3.05, 3.63) is 101 Å². The third kappa shape index (κ3) is 3.74. The van der Waals surface area contributed by atoms with Crippen molar-refractivity contribution in [3.8, 4) is 11.8 Å². The Hall–Kier alpha value is -3.62. The minimum Gasteiger partial charge on any atom is -0.394 e. The van der Waals surface area contributed by atoms with Crippen molar-refractivity contribution in [2.24, 2.45) is 5.92 Å². The summed E-state index contributed by atoms with van der Waals surface area (Å²) in [5.74, 6) is 5.85. The van der Waals surface area contributed by atoms with Gasteiger partial charge in [0.25, 0.3) is 5.91 Å². The molecule has 0 aromatic heterocycles. The maximum Gasteiger partial charge on any atom is 0.254 e. The third-order valence-corrected chi connectivity index (χ3v) is 6.33. The highest BCUT2D eigenvalue weighted by Gasteiger charge is 2.45. The molecule has 5 heteroatoms. The lowest BCUT2D eigenvalue weighted by Gasteiger charge is -2.39. The monoisotopic (exact) mass is 426 g/mol. The van der Waals surface area contributed by atoms with Gasteiger partial charge in [0.15, 0.2) is 0 Å². The van der Waals surface area contributed by atoms with E-state index in [-0.39, 0.29) is 30.5 Å². The molecule has 0 unspecified atom stereocenters. The number of aliphatic hydroxyl groups excluding tert-OH is 1. The van der Waals surface area contributed by atoms with Crippen molar-refractivity contribution in [2.45, 2.75) is 18.5 Å². The zero-order valence-corrected chi connectivity index (χ0v) is 17.5. The van der Waals surface area contributed by atoms with Crippen molar-refractivity contribution in [2.75, 3.05) is 18.5 Å². The zero-order chi connectivity index (χ0) is 22.1. The molecule has 32 heavy (non-hydrogen) atoms. The minimum atomic E-state index is -0.427. The van der Waals surface area contributed by atoms with Crippen LogP contribution in [-0.2, 0) is 0 Å². The number of anilines is 1. The van der Waals surface area contributed by atoms with Crippen LogP contribution in [0.2, 0.25) is 0 Å². The largest absolute Gasteiger partial charge is 0.394 e. The average Bonchev–Trinajstić information content (AvgIpc) is 3.28. The number of carbonyl (C=O) groups excluding carboxylic acids is 1. The molecule has 0 bridgehead atoms. The molecule has 1 fully saturated rings. The van der Waals surface area contributed by atoms with E-state index in [1.807, 2.05) is 53.4 Å². The number of likely N-dealkylation sites (tertiary alicyclic amines) is 1. The van der Waals surface area contributed by atoms with E-state index in [0.29, 0.717) is 12.1 Å². The molecule has 3 atom stereocenters. The van der Waals surface area contributed by atoms with Gasteiger partial charge in [-0.15, -0.1) is 0 Å². The fourth-order valence-corrected chi connectivity index (χ4v) is 4.82. The molecule has 2 aliphatic heterocycles. The standard InChI is InChI=1S/C27H23FN2O2/c28-21-8-4-7-20(16-21)27(32)30-14-13-22-25(17-31)29-24-12-11-19(15-23(24)26(22)30)10-9-18-5-2-1-3-6-18/h1-8,11-12,15-16,22,25-26,29,31H,13-14,17H2/t22-,25-,26-/m0/s1. The molecule has 1 saturated heterocycles. The van der Waals surface area contributed by atoms with E-state index in [9.17, 15) is 14.3 Å². The molecule has 2 heterocycles. The van der Waals surface area contributed by atoms with E-state index in [1.165, 1.54) is 12.1 Å². The highest BCUT2D eigenvalue weighted by Crippen LogP contribution is 2.47. The molecule has 5 rings (SSSR count). The van der Waals surface area contributed by atoms with Gasteiger partial charge >= 0.3 is 0 Å². The molecule has 160 valence electrons. The molecule has 0 radical (unpaired) electrons. The van der Waals surface area contributed by atoms with Crippen LogP contribution in [0.4, 0.5) is 10.1 Å². The van der Waals surface area contributed by atoms with Crippen LogP contribution in [0, 0.1) is 23.6 Å². The lowest BCUT2D eigenvalue weighted by Crippen LogP contribution is -2.42. The number of rotatable bonds is 2. The maximum absolute atomic E-state index is 13.8.